The van der Waals surface area contributed by atoms with Crippen LogP contribution < -0.4 is 24.3 Å². The van der Waals surface area contributed by atoms with Crippen molar-refractivity contribution in [1.82, 2.24) is 15.3 Å². The molecule has 2 fully saturated rings. The number of cyclic esters (lactones) is 2. The number of hydrogen-bond acceptors (Lipinski definition) is 11. The molecule has 0 radical (unpaired) electrons. The molecule has 0 spiro atoms. The molecule has 4 aromatic rings. The topological polar surface area (TPSA) is 127 Å². The van der Waals surface area contributed by atoms with Crippen molar-refractivity contribution in [1.29, 1.82) is 0 Å². The summed E-state index contributed by atoms with van der Waals surface area (Å²) in [5, 5.41) is 3.21. The maximum absolute atomic E-state index is 11.9. The lowest BCUT2D eigenvalue weighted by Crippen LogP contribution is -2.32. The lowest BCUT2D eigenvalue weighted by Gasteiger charge is -2.17. The molecule has 1 N–H and O–H groups in total. The van der Waals surface area contributed by atoms with Crippen molar-refractivity contribution in [3.8, 4) is 34.6 Å². The number of aryl methyl sites for hydroxylation is 1. The van der Waals surface area contributed by atoms with Gasteiger partial charge in [0.2, 0.25) is 23.5 Å². The molecule has 2 aromatic carbocycles. The van der Waals surface area contributed by atoms with Gasteiger partial charge in [-0.25, -0.2) is 0 Å². The number of rotatable bonds is 15. The van der Waals surface area contributed by atoms with Crippen LogP contribution in [0, 0.1) is 19.8 Å². The van der Waals surface area contributed by atoms with Crippen molar-refractivity contribution in [3.05, 3.63) is 94.0 Å². The zero-order valence-electron chi connectivity index (χ0n) is 29.0. The normalized spacial score (nSPS) is 17.0. The second-order valence-corrected chi connectivity index (χ2v) is 12.5. The average molecular weight is 682 g/mol. The number of benzene rings is 2. The number of carbonyl (C=O) groups is 2. The van der Waals surface area contributed by atoms with Crippen LogP contribution in [-0.4, -0.2) is 55.4 Å². The molecule has 2 saturated heterocycles. The van der Waals surface area contributed by atoms with Gasteiger partial charge in [-0.3, -0.25) is 14.9 Å². The molecule has 0 amide bonds. The Morgan fingerprint density at radius 1 is 0.700 bits per heavy atom. The number of aromatic nitrogens is 2. The molecule has 262 valence electrons. The Hall–Kier alpha value is -5.16. The van der Waals surface area contributed by atoms with Gasteiger partial charge in [0.25, 0.3) is 0 Å². The second-order valence-electron chi connectivity index (χ2n) is 12.5. The molecule has 2 aromatic heterocycles. The molecule has 11 nitrogen and oxygen atoms in total. The highest BCUT2D eigenvalue weighted by Crippen LogP contribution is 2.32. The summed E-state index contributed by atoms with van der Waals surface area (Å²) < 4.78 is 33.5. The van der Waals surface area contributed by atoms with E-state index in [9.17, 15) is 9.59 Å². The van der Waals surface area contributed by atoms with E-state index in [4.69, 9.17) is 28.4 Å². The van der Waals surface area contributed by atoms with Crippen molar-refractivity contribution in [2.24, 2.45) is 5.92 Å². The fourth-order valence-electron chi connectivity index (χ4n) is 6.35. The van der Waals surface area contributed by atoms with Crippen LogP contribution in [0.15, 0.2) is 60.7 Å². The molecular weight excluding hydrogens is 638 g/mol. The van der Waals surface area contributed by atoms with E-state index in [2.05, 4.69) is 53.4 Å². The molecule has 2 aliphatic heterocycles. The fourth-order valence-corrected chi connectivity index (χ4v) is 6.35. The smallest absolute Gasteiger partial charge is 0.323 e. The number of hydrogen-bond donors (Lipinski definition) is 1. The summed E-state index contributed by atoms with van der Waals surface area (Å²) in [5.74, 6) is 1.45. The first-order valence-electron chi connectivity index (χ1n) is 16.9. The first-order chi connectivity index (χ1) is 24.3. The molecular formula is C39H43N3O8. The Bertz CT molecular complexity index is 1710. The lowest BCUT2D eigenvalue weighted by molar-refractivity contribution is -0.141. The lowest BCUT2D eigenvalue weighted by atomic mass is 9.92. The maximum atomic E-state index is 11.9. The Morgan fingerprint density at radius 3 is 1.80 bits per heavy atom. The van der Waals surface area contributed by atoms with Crippen LogP contribution in [0.4, 0.5) is 0 Å². The molecule has 4 heterocycles. The summed E-state index contributed by atoms with van der Waals surface area (Å²) in [6.07, 6.45) is 2.79. The Balaban J connectivity index is 1.09. The highest BCUT2D eigenvalue weighted by molar-refractivity contribution is 5.77. The van der Waals surface area contributed by atoms with Gasteiger partial charge in [-0.2, -0.15) is 9.97 Å². The predicted octanol–water partition coefficient (Wildman–Crippen LogP) is 5.84. The minimum absolute atomic E-state index is 0.0675. The molecule has 0 bridgehead atoms. The Labute approximate surface area is 292 Å². The van der Waals surface area contributed by atoms with Crippen LogP contribution >= 0.6 is 0 Å². The summed E-state index contributed by atoms with van der Waals surface area (Å²) in [6, 6.07) is 19.6. The van der Waals surface area contributed by atoms with Gasteiger partial charge in [-0.1, -0.05) is 36.4 Å². The first kappa shape index (κ1) is 34.7. The Morgan fingerprint density at radius 2 is 1.26 bits per heavy atom. The van der Waals surface area contributed by atoms with E-state index in [1.54, 1.807) is 14.2 Å². The van der Waals surface area contributed by atoms with Crippen molar-refractivity contribution in [2.75, 3.05) is 27.4 Å². The monoisotopic (exact) mass is 681 g/mol. The summed E-state index contributed by atoms with van der Waals surface area (Å²) in [6.45, 7) is 6.23. The van der Waals surface area contributed by atoms with Crippen LogP contribution in [-0.2, 0) is 45.2 Å². The van der Waals surface area contributed by atoms with Gasteiger partial charge in [0, 0.05) is 36.2 Å². The van der Waals surface area contributed by atoms with Gasteiger partial charge in [-0.05, 0) is 78.6 Å². The van der Waals surface area contributed by atoms with Gasteiger partial charge in [0.15, 0.2) is 0 Å². The van der Waals surface area contributed by atoms with Gasteiger partial charge in [-0.15, -0.1) is 0 Å². The van der Waals surface area contributed by atoms with Crippen molar-refractivity contribution < 1.29 is 38.0 Å². The highest BCUT2D eigenvalue weighted by Gasteiger charge is 2.27. The zero-order chi connectivity index (χ0) is 35.0. The van der Waals surface area contributed by atoms with Crippen LogP contribution in [0.3, 0.4) is 0 Å². The van der Waals surface area contributed by atoms with E-state index in [1.165, 1.54) is 0 Å². The third kappa shape index (κ3) is 8.00. The SMILES string of the molecule is COc1nc(OCc2cccc(-c3cccc(COc4ccc(CNC5CCOC5=O)c(OC)n4)c3C)c2C)ccc1CCC1CCOC1=O. The third-order valence-electron chi connectivity index (χ3n) is 9.43. The van der Waals surface area contributed by atoms with Crippen LogP contribution in [0.5, 0.6) is 23.5 Å². The van der Waals surface area contributed by atoms with Crippen molar-refractivity contribution >= 4 is 11.9 Å². The van der Waals surface area contributed by atoms with Crippen LogP contribution in [0.1, 0.15) is 52.6 Å². The summed E-state index contributed by atoms with van der Waals surface area (Å²) in [4.78, 5) is 32.8. The number of pyridine rings is 2. The molecule has 0 aliphatic carbocycles. The molecule has 2 aliphatic rings. The summed E-state index contributed by atoms with van der Waals surface area (Å²) >= 11 is 0. The van der Waals surface area contributed by atoms with Gasteiger partial charge < -0.3 is 28.4 Å². The number of nitrogens with one attached hydrogen (secondary N) is 1. The van der Waals surface area contributed by atoms with E-state index < -0.39 is 0 Å². The standard InChI is InChI=1S/C39H43N3O8/c1-24-29(22-49-34-15-13-26(36(41-34)45-3)11-12-27-17-19-47-38(27)43)7-5-9-31(24)32-10-6-8-30(25(32)2)23-50-35-16-14-28(37(42-35)46-4)21-40-33-18-20-48-39(33)44/h5-10,13-16,27,33,40H,11-12,17-23H2,1-4H3. The van der Waals surface area contributed by atoms with E-state index in [1.807, 2.05) is 36.4 Å². The number of methoxy groups -OCH3 is 2. The maximum Gasteiger partial charge on any atom is 0.323 e. The van der Waals surface area contributed by atoms with Crippen molar-refractivity contribution in [2.45, 2.75) is 65.3 Å². The molecule has 2 atom stereocenters. The third-order valence-corrected chi connectivity index (χ3v) is 9.43. The van der Waals surface area contributed by atoms with E-state index in [-0.39, 0.29) is 23.9 Å². The largest absolute Gasteiger partial charge is 0.481 e. The molecule has 50 heavy (non-hydrogen) atoms. The minimum Gasteiger partial charge on any atom is -0.481 e. The highest BCUT2D eigenvalue weighted by atomic mass is 16.5. The minimum atomic E-state index is -0.316. The van der Waals surface area contributed by atoms with E-state index in [0.29, 0.717) is 75.8 Å². The van der Waals surface area contributed by atoms with Gasteiger partial charge >= 0.3 is 11.9 Å². The zero-order valence-corrected chi connectivity index (χ0v) is 29.0. The average Bonchev–Trinajstić information content (AvgIpc) is 3.75. The van der Waals surface area contributed by atoms with E-state index in [0.717, 1.165) is 50.9 Å². The Kier molecular flexibility index (Phi) is 11.1. The quantitative estimate of drug-likeness (QED) is 0.152. The van der Waals surface area contributed by atoms with Crippen molar-refractivity contribution in [3.63, 3.8) is 0 Å². The van der Waals surface area contributed by atoms with Gasteiger partial charge in [0.1, 0.15) is 19.3 Å². The van der Waals surface area contributed by atoms with Crippen LogP contribution in [0.2, 0.25) is 0 Å². The first-order valence-corrected chi connectivity index (χ1v) is 16.9. The predicted molar refractivity (Wildman–Crippen MR) is 185 cm³/mol. The van der Waals surface area contributed by atoms with Gasteiger partial charge in [0.05, 0.1) is 33.4 Å². The molecule has 11 heteroatoms. The summed E-state index contributed by atoms with van der Waals surface area (Å²) in [5.41, 5.74) is 8.29. The van der Waals surface area contributed by atoms with Crippen LogP contribution in [0.25, 0.3) is 11.1 Å². The molecule has 0 saturated carbocycles. The number of esters is 2. The number of carbonyl (C=O) groups excluding carboxylic acids is 2. The molecule has 2 unspecified atom stereocenters. The number of ether oxygens (including phenoxy) is 6. The fraction of sp³-hybridized carbons (Fsp3) is 0.385. The van der Waals surface area contributed by atoms with E-state index >= 15 is 0 Å². The second kappa shape index (κ2) is 16.0. The number of nitrogens with zero attached hydrogens (tertiary/aromatic N) is 2. The molecule has 6 rings (SSSR count). The summed E-state index contributed by atoms with van der Waals surface area (Å²) in [7, 11) is 3.16.